The minimum absolute atomic E-state index is 0.0506. The number of rotatable bonds is 7. The van der Waals surface area contributed by atoms with Crippen LogP contribution in [-0.2, 0) is 11.2 Å². The Morgan fingerprint density at radius 2 is 1.77 bits per heavy atom. The highest BCUT2D eigenvalue weighted by Crippen LogP contribution is 2.29. The molecule has 0 aliphatic rings. The van der Waals surface area contributed by atoms with E-state index in [1.54, 1.807) is 19.2 Å². The van der Waals surface area contributed by atoms with Crippen molar-refractivity contribution in [3.63, 3.8) is 0 Å². The number of benzene rings is 2. The van der Waals surface area contributed by atoms with E-state index >= 15 is 0 Å². The lowest BCUT2D eigenvalue weighted by molar-refractivity contribution is -0.118. The Morgan fingerprint density at radius 1 is 1.08 bits per heavy atom. The quantitative estimate of drug-likeness (QED) is 0.609. The van der Waals surface area contributed by atoms with E-state index in [1.165, 1.54) is 0 Å². The van der Waals surface area contributed by atoms with Crippen molar-refractivity contribution >= 4 is 5.91 Å². The van der Waals surface area contributed by atoms with Gasteiger partial charge in [0.25, 0.3) is 5.56 Å². The molecule has 0 aliphatic carbocycles. The first kappa shape index (κ1) is 17.5. The molecule has 0 radical (unpaired) electrons. The van der Waals surface area contributed by atoms with Gasteiger partial charge in [0.05, 0.1) is 7.11 Å². The van der Waals surface area contributed by atoms with Gasteiger partial charge in [0.2, 0.25) is 5.91 Å². The van der Waals surface area contributed by atoms with Crippen LogP contribution in [0.3, 0.4) is 0 Å². The van der Waals surface area contributed by atoms with E-state index in [-0.39, 0.29) is 12.0 Å². The normalized spacial score (nSPS) is 11.9. The van der Waals surface area contributed by atoms with E-state index in [0.717, 1.165) is 16.8 Å². The molecule has 6 heteroatoms. The van der Waals surface area contributed by atoms with Crippen LogP contribution < -0.4 is 16.0 Å². The number of nitrogens with one attached hydrogen (secondary N) is 2. The molecule has 1 heterocycles. The van der Waals surface area contributed by atoms with Gasteiger partial charge in [-0.25, -0.2) is 0 Å². The van der Waals surface area contributed by atoms with E-state index in [0.29, 0.717) is 17.7 Å². The van der Waals surface area contributed by atoms with Crippen LogP contribution in [0, 0.1) is 0 Å². The van der Waals surface area contributed by atoms with Crippen LogP contribution in [0.25, 0.3) is 0 Å². The van der Waals surface area contributed by atoms with Gasteiger partial charge < -0.3 is 15.6 Å². The van der Waals surface area contributed by atoms with E-state index < -0.39 is 11.8 Å². The molecule has 4 N–H and O–H groups in total. The summed E-state index contributed by atoms with van der Waals surface area (Å²) in [5.74, 6) is -0.178. The molecule has 0 aliphatic heterocycles. The van der Waals surface area contributed by atoms with Gasteiger partial charge in [0.15, 0.2) is 0 Å². The van der Waals surface area contributed by atoms with Gasteiger partial charge in [-0.1, -0.05) is 42.5 Å². The summed E-state index contributed by atoms with van der Waals surface area (Å²) in [6, 6.07) is 17.1. The molecule has 1 aromatic heterocycles. The second kappa shape index (κ2) is 7.74. The average molecular weight is 351 g/mol. The minimum atomic E-state index is -0.461. The van der Waals surface area contributed by atoms with Crippen molar-refractivity contribution in [2.75, 3.05) is 7.11 Å². The fraction of sp³-hybridized carbons (Fsp3) is 0.200. The summed E-state index contributed by atoms with van der Waals surface area (Å²) in [6.07, 6.45) is 0.607. The van der Waals surface area contributed by atoms with Gasteiger partial charge in [-0.05, 0) is 23.3 Å². The molecule has 1 atom stereocenters. The molecule has 1 amide bonds. The van der Waals surface area contributed by atoms with Crippen LogP contribution in [0.2, 0.25) is 0 Å². The number of carbonyl (C=O) groups excluding carboxylic acids is 1. The Labute approximate surface area is 151 Å². The van der Waals surface area contributed by atoms with Gasteiger partial charge in [-0.2, -0.15) is 0 Å². The van der Waals surface area contributed by atoms with Gasteiger partial charge in [0, 0.05) is 30.0 Å². The molecule has 0 saturated carbocycles. The first-order valence-electron chi connectivity index (χ1n) is 8.34. The third kappa shape index (κ3) is 3.85. The summed E-state index contributed by atoms with van der Waals surface area (Å²) in [6.45, 7) is 0. The standard InChI is InChI=1S/C20H21N3O3/c1-26-15-9-7-14(8-10-15)16(12-18(21)24)19-17(22-23-20(19)25)11-13-5-3-2-4-6-13/h2-10,16H,11-12H2,1H3,(H2,21,24)(H2,22,23,25)/t16-/m1/s1. The fourth-order valence-corrected chi connectivity index (χ4v) is 3.14. The Morgan fingerprint density at radius 3 is 2.38 bits per heavy atom. The number of primary amides is 1. The highest BCUT2D eigenvalue weighted by atomic mass is 16.5. The van der Waals surface area contributed by atoms with Crippen LogP contribution in [0.4, 0.5) is 0 Å². The number of methoxy groups -OCH3 is 1. The lowest BCUT2D eigenvalue weighted by Crippen LogP contribution is -2.21. The SMILES string of the molecule is COc1ccc([C@@H](CC(N)=O)c2c(Cc3ccccc3)[nH][nH]c2=O)cc1. The second-order valence-corrected chi connectivity index (χ2v) is 6.13. The molecule has 0 bridgehead atoms. The lowest BCUT2D eigenvalue weighted by atomic mass is 9.87. The van der Waals surface area contributed by atoms with Crippen molar-refractivity contribution in [2.24, 2.45) is 5.73 Å². The molecule has 26 heavy (non-hydrogen) atoms. The smallest absolute Gasteiger partial charge is 0.267 e. The average Bonchev–Trinajstić information content (AvgIpc) is 3.00. The maximum atomic E-state index is 12.5. The third-order valence-electron chi connectivity index (χ3n) is 4.39. The zero-order chi connectivity index (χ0) is 18.5. The first-order chi connectivity index (χ1) is 12.6. The molecule has 0 fully saturated rings. The predicted octanol–water partition coefficient (Wildman–Crippen LogP) is 2.31. The van der Waals surface area contributed by atoms with E-state index in [2.05, 4.69) is 10.2 Å². The molecule has 6 nitrogen and oxygen atoms in total. The Bertz CT molecular complexity index is 927. The van der Waals surface area contributed by atoms with E-state index in [4.69, 9.17) is 10.5 Å². The van der Waals surface area contributed by atoms with E-state index in [9.17, 15) is 9.59 Å². The molecule has 0 saturated heterocycles. The zero-order valence-electron chi connectivity index (χ0n) is 14.5. The van der Waals surface area contributed by atoms with Gasteiger partial charge in [-0.3, -0.25) is 14.7 Å². The summed E-state index contributed by atoms with van der Waals surface area (Å²) in [5.41, 5.74) is 8.42. The molecule has 0 spiro atoms. The maximum Gasteiger partial charge on any atom is 0.267 e. The maximum absolute atomic E-state index is 12.5. The van der Waals surface area contributed by atoms with Crippen molar-refractivity contribution < 1.29 is 9.53 Å². The van der Waals surface area contributed by atoms with Gasteiger partial charge >= 0.3 is 0 Å². The fourth-order valence-electron chi connectivity index (χ4n) is 3.14. The number of ether oxygens (including phenoxy) is 1. The topological polar surface area (TPSA) is 101 Å². The Hall–Kier alpha value is -3.28. The van der Waals surface area contributed by atoms with Crippen LogP contribution in [0.5, 0.6) is 5.75 Å². The summed E-state index contributed by atoms with van der Waals surface area (Å²) in [7, 11) is 1.59. The van der Waals surface area contributed by atoms with Crippen molar-refractivity contribution in [2.45, 2.75) is 18.8 Å². The highest BCUT2D eigenvalue weighted by molar-refractivity contribution is 5.75. The molecule has 3 rings (SSSR count). The summed E-state index contributed by atoms with van der Waals surface area (Å²) in [4.78, 5) is 24.1. The van der Waals surface area contributed by atoms with Crippen molar-refractivity contribution in [1.29, 1.82) is 0 Å². The number of amides is 1. The number of H-pyrrole nitrogens is 2. The van der Waals surface area contributed by atoms with Gasteiger partial charge in [0.1, 0.15) is 5.75 Å². The summed E-state index contributed by atoms with van der Waals surface area (Å²) < 4.78 is 5.18. The molecular weight excluding hydrogens is 330 g/mol. The molecule has 2 aromatic carbocycles. The van der Waals surface area contributed by atoms with Crippen LogP contribution >= 0.6 is 0 Å². The monoisotopic (exact) mass is 351 g/mol. The van der Waals surface area contributed by atoms with E-state index in [1.807, 2.05) is 42.5 Å². The molecule has 3 aromatic rings. The third-order valence-corrected chi connectivity index (χ3v) is 4.39. The summed E-state index contributed by atoms with van der Waals surface area (Å²) in [5, 5.41) is 5.60. The Balaban J connectivity index is 2.02. The molecule has 134 valence electrons. The van der Waals surface area contributed by atoms with Crippen LogP contribution in [-0.4, -0.2) is 23.2 Å². The number of hydrogen-bond acceptors (Lipinski definition) is 3. The number of aromatic nitrogens is 2. The highest BCUT2D eigenvalue weighted by Gasteiger charge is 2.24. The largest absolute Gasteiger partial charge is 0.497 e. The first-order valence-corrected chi connectivity index (χ1v) is 8.34. The van der Waals surface area contributed by atoms with Crippen molar-refractivity contribution in [3.05, 3.63) is 87.3 Å². The lowest BCUT2D eigenvalue weighted by Gasteiger charge is -2.16. The zero-order valence-corrected chi connectivity index (χ0v) is 14.5. The Kier molecular flexibility index (Phi) is 5.22. The molecule has 0 unspecified atom stereocenters. The van der Waals surface area contributed by atoms with Crippen LogP contribution in [0.1, 0.15) is 34.7 Å². The predicted molar refractivity (Wildman–Crippen MR) is 99.3 cm³/mol. The minimum Gasteiger partial charge on any atom is -0.497 e. The van der Waals surface area contributed by atoms with Crippen LogP contribution in [0.15, 0.2) is 59.4 Å². The number of aromatic amines is 2. The van der Waals surface area contributed by atoms with Gasteiger partial charge in [-0.15, -0.1) is 0 Å². The summed E-state index contributed by atoms with van der Waals surface area (Å²) >= 11 is 0. The number of nitrogens with two attached hydrogens (primary N) is 1. The number of carbonyl (C=O) groups is 1. The second-order valence-electron chi connectivity index (χ2n) is 6.13. The van der Waals surface area contributed by atoms with Crippen molar-refractivity contribution in [3.8, 4) is 5.75 Å². The molecular formula is C20H21N3O3. The number of hydrogen-bond donors (Lipinski definition) is 3. The van der Waals surface area contributed by atoms with Crippen molar-refractivity contribution in [1.82, 2.24) is 10.2 Å².